The average molecular weight is 259 g/mol. The van der Waals surface area contributed by atoms with E-state index in [1.165, 1.54) is 6.07 Å². The number of nitrogens with zero attached hydrogens (tertiary/aromatic N) is 2. The minimum Gasteiger partial charge on any atom is -0.482 e. The summed E-state index contributed by atoms with van der Waals surface area (Å²) < 4.78 is 5.46. The Morgan fingerprint density at radius 3 is 2.79 bits per heavy atom. The zero-order valence-electron chi connectivity index (χ0n) is 10.2. The summed E-state index contributed by atoms with van der Waals surface area (Å²) in [5, 5.41) is 11.0. The van der Waals surface area contributed by atoms with Crippen LogP contribution in [0.3, 0.4) is 0 Å². The Bertz CT molecular complexity index is 573. The number of nitrogens with two attached hydrogens (primary N) is 1. The van der Waals surface area contributed by atoms with E-state index >= 15 is 0 Å². The maximum atomic E-state index is 11.0. The van der Waals surface area contributed by atoms with Crippen molar-refractivity contribution in [2.75, 3.05) is 0 Å². The molecule has 19 heavy (non-hydrogen) atoms. The summed E-state index contributed by atoms with van der Waals surface area (Å²) in [6.07, 6.45) is 3.31. The third kappa shape index (κ3) is 3.26. The zero-order chi connectivity index (χ0) is 13.7. The third-order valence-corrected chi connectivity index (χ3v) is 2.57. The van der Waals surface area contributed by atoms with Crippen LogP contribution in [0.25, 0.3) is 0 Å². The highest BCUT2D eigenvalue weighted by Crippen LogP contribution is 2.28. The third-order valence-electron chi connectivity index (χ3n) is 2.57. The second kappa shape index (κ2) is 5.92. The van der Waals surface area contributed by atoms with Crippen LogP contribution in [0.15, 0.2) is 42.7 Å². The molecule has 2 rings (SSSR count). The Hall–Kier alpha value is -2.47. The molecule has 2 aromatic rings. The molecule has 0 bridgehead atoms. The maximum absolute atomic E-state index is 11.0. The summed E-state index contributed by atoms with van der Waals surface area (Å²) in [4.78, 5) is 14.5. The number of rotatable bonds is 5. The van der Waals surface area contributed by atoms with Crippen molar-refractivity contribution in [3.05, 3.63) is 64.0 Å². The first kappa shape index (κ1) is 13.0. The number of nitro benzene ring substituents is 1. The van der Waals surface area contributed by atoms with Crippen molar-refractivity contribution in [3.8, 4) is 5.75 Å². The fraction of sp³-hybridized carbons (Fsp3) is 0.154. The van der Waals surface area contributed by atoms with E-state index < -0.39 is 4.92 Å². The van der Waals surface area contributed by atoms with Crippen molar-refractivity contribution in [2.45, 2.75) is 13.2 Å². The first-order valence-electron chi connectivity index (χ1n) is 5.70. The smallest absolute Gasteiger partial charge is 0.311 e. The fourth-order valence-corrected chi connectivity index (χ4v) is 1.60. The van der Waals surface area contributed by atoms with E-state index in [-0.39, 0.29) is 24.6 Å². The topological polar surface area (TPSA) is 91.3 Å². The van der Waals surface area contributed by atoms with Crippen LogP contribution in [-0.2, 0) is 13.2 Å². The van der Waals surface area contributed by atoms with Gasteiger partial charge in [0.2, 0.25) is 0 Å². The van der Waals surface area contributed by atoms with Crippen molar-refractivity contribution in [1.29, 1.82) is 0 Å². The van der Waals surface area contributed by atoms with Gasteiger partial charge in [-0.15, -0.1) is 0 Å². The summed E-state index contributed by atoms with van der Waals surface area (Å²) in [7, 11) is 0. The van der Waals surface area contributed by atoms with Gasteiger partial charge >= 0.3 is 5.69 Å². The van der Waals surface area contributed by atoms with E-state index in [1.54, 1.807) is 30.6 Å². The fourth-order valence-electron chi connectivity index (χ4n) is 1.60. The summed E-state index contributed by atoms with van der Waals surface area (Å²) in [5.74, 6) is 0.228. The van der Waals surface area contributed by atoms with Crippen molar-refractivity contribution in [2.24, 2.45) is 5.73 Å². The van der Waals surface area contributed by atoms with E-state index in [9.17, 15) is 10.1 Å². The van der Waals surface area contributed by atoms with Crippen LogP contribution >= 0.6 is 0 Å². The molecular weight excluding hydrogens is 246 g/mol. The highest BCUT2D eigenvalue weighted by Gasteiger charge is 2.15. The van der Waals surface area contributed by atoms with Gasteiger partial charge in [0.15, 0.2) is 5.75 Å². The second-order valence-electron chi connectivity index (χ2n) is 3.91. The molecule has 0 saturated carbocycles. The Labute approximate surface area is 110 Å². The maximum Gasteiger partial charge on any atom is 0.311 e. The molecule has 0 aliphatic carbocycles. The van der Waals surface area contributed by atoms with Gasteiger partial charge in [0.05, 0.1) is 4.92 Å². The van der Waals surface area contributed by atoms with Crippen LogP contribution in [0.1, 0.15) is 11.1 Å². The molecule has 0 radical (unpaired) electrons. The van der Waals surface area contributed by atoms with Crippen molar-refractivity contribution >= 4 is 5.69 Å². The first-order chi connectivity index (χ1) is 9.20. The lowest BCUT2D eigenvalue weighted by molar-refractivity contribution is -0.386. The van der Waals surface area contributed by atoms with Crippen molar-refractivity contribution in [3.63, 3.8) is 0 Å². The Morgan fingerprint density at radius 1 is 1.32 bits per heavy atom. The quantitative estimate of drug-likeness (QED) is 0.655. The normalized spacial score (nSPS) is 10.2. The van der Waals surface area contributed by atoms with Crippen LogP contribution in [0.5, 0.6) is 5.75 Å². The Morgan fingerprint density at radius 2 is 2.16 bits per heavy atom. The highest BCUT2D eigenvalue weighted by molar-refractivity contribution is 5.48. The Balaban J connectivity index is 2.18. The lowest BCUT2D eigenvalue weighted by atomic mass is 10.2. The summed E-state index contributed by atoms with van der Waals surface area (Å²) in [5.41, 5.74) is 6.93. The number of nitro groups is 1. The monoisotopic (exact) mass is 259 g/mol. The zero-order valence-corrected chi connectivity index (χ0v) is 10.2. The minimum atomic E-state index is -0.474. The van der Waals surface area contributed by atoms with Crippen LogP contribution in [0, 0.1) is 10.1 Å². The van der Waals surface area contributed by atoms with Crippen molar-refractivity contribution < 1.29 is 9.66 Å². The predicted octanol–water partition coefficient (Wildman–Crippen LogP) is 2.03. The molecule has 2 N–H and O–H groups in total. The van der Waals surface area contributed by atoms with Gasteiger partial charge in [-0.25, -0.2) is 0 Å². The van der Waals surface area contributed by atoms with Gasteiger partial charge in [-0.2, -0.15) is 0 Å². The summed E-state index contributed by atoms with van der Waals surface area (Å²) in [6, 6.07) is 8.33. The van der Waals surface area contributed by atoms with E-state index in [1.807, 2.05) is 6.07 Å². The molecule has 6 heteroatoms. The molecule has 6 nitrogen and oxygen atoms in total. The summed E-state index contributed by atoms with van der Waals surface area (Å²) in [6.45, 7) is 0.486. The van der Waals surface area contributed by atoms with E-state index in [0.717, 1.165) is 5.56 Å². The lowest BCUT2D eigenvalue weighted by Crippen LogP contribution is -2.02. The number of aromatic nitrogens is 1. The van der Waals surface area contributed by atoms with Crippen LogP contribution in [-0.4, -0.2) is 9.91 Å². The number of hydrogen-bond acceptors (Lipinski definition) is 5. The molecule has 1 aromatic heterocycles. The first-order valence-corrected chi connectivity index (χ1v) is 5.70. The van der Waals surface area contributed by atoms with Gasteiger partial charge in [-0.1, -0.05) is 12.1 Å². The summed E-state index contributed by atoms with van der Waals surface area (Å²) >= 11 is 0. The van der Waals surface area contributed by atoms with Gasteiger partial charge in [-0.3, -0.25) is 15.1 Å². The van der Waals surface area contributed by atoms with E-state index in [2.05, 4.69) is 4.98 Å². The molecule has 0 amide bonds. The van der Waals surface area contributed by atoms with Crippen LogP contribution in [0.4, 0.5) is 5.69 Å². The van der Waals surface area contributed by atoms with Crippen LogP contribution < -0.4 is 10.5 Å². The molecule has 98 valence electrons. The number of ether oxygens (including phenoxy) is 1. The molecule has 0 aliphatic heterocycles. The largest absolute Gasteiger partial charge is 0.482 e. The standard InChI is InChI=1S/C13H13N3O3/c14-7-10-3-4-13(12(6-10)16(17)18)19-9-11-2-1-5-15-8-11/h1-6,8H,7,9,14H2. The molecule has 0 saturated heterocycles. The molecule has 0 unspecified atom stereocenters. The van der Waals surface area contributed by atoms with Gasteiger partial charge in [0.1, 0.15) is 6.61 Å². The molecular formula is C13H13N3O3. The predicted molar refractivity (Wildman–Crippen MR) is 69.6 cm³/mol. The average Bonchev–Trinajstić information content (AvgIpc) is 2.46. The number of pyridine rings is 1. The molecule has 0 spiro atoms. The van der Waals surface area contributed by atoms with E-state index in [0.29, 0.717) is 5.56 Å². The number of hydrogen-bond donors (Lipinski definition) is 1. The van der Waals surface area contributed by atoms with Gasteiger partial charge < -0.3 is 10.5 Å². The van der Waals surface area contributed by atoms with Gasteiger partial charge in [-0.05, 0) is 17.7 Å². The van der Waals surface area contributed by atoms with Crippen molar-refractivity contribution in [1.82, 2.24) is 4.98 Å². The Kier molecular flexibility index (Phi) is 4.04. The molecule has 0 aliphatic rings. The SMILES string of the molecule is NCc1ccc(OCc2cccnc2)c([N+](=O)[O-])c1. The lowest BCUT2D eigenvalue weighted by Gasteiger charge is -2.07. The molecule has 1 aromatic carbocycles. The highest BCUT2D eigenvalue weighted by atomic mass is 16.6. The molecule has 0 atom stereocenters. The molecule has 1 heterocycles. The van der Waals surface area contributed by atoms with Crippen LogP contribution in [0.2, 0.25) is 0 Å². The van der Waals surface area contributed by atoms with Gasteiger partial charge in [0, 0.05) is 30.6 Å². The second-order valence-corrected chi connectivity index (χ2v) is 3.91. The molecule has 0 fully saturated rings. The van der Waals surface area contributed by atoms with E-state index in [4.69, 9.17) is 10.5 Å². The number of benzene rings is 1. The minimum absolute atomic E-state index is 0.0770. The van der Waals surface area contributed by atoms with Gasteiger partial charge in [0.25, 0.3) is 0 Å².